The van der Waals surface area contributed by atoms with Crippen LogP contribution in [0.15, 0.2) is 12.3 Å². The summed E-state index contributed by atoms with van der Waals surface area (Å²) in [6, 6.07) is 1.15. The van der Waals surface area contributed by atoms with Gasteiger partial charge in [-0.1, -0.05) is 0 Å². The van der Waals surface area contributed by atoms with Crippen molar-refractivity contribution in [3.63, 3.8) is 0 Å². The number of aromatic nitrogens is 1. The maximum absolute atomic E-state index is 11.9. The van der Waals surface area contributed by atoms with Gasteiger partial charge >= 0.3 is 5.97 Å². The second-order valence-corrected chi connectivity index (χ2v) is 4.55. The van der Waals surface area contributed by atoms with Crippen molar-refractivity contribution in [2.45, 2.75) is 13.0 Å². The molecule has 20 heavy (non-hydrogen) atoms. The van der Waals surface area contributed by atoms with Crippen LogP contribution in [0, 0.1) is 6.92 Å². The minimum absolute atomic E-state index is 0.0893. The van der Waals surface area contributed by atoms with Crippen LogP contribution >= 0.6 is 0 Å². The molecule has 1 fully saturated rings. The van der Waals surface area contributed by atoms with Crippen LogP contribution in [0.1, 0.15) is 16.1 Å². The van der Waals surface area contributed by atoms with Crippen molar-refractivity contribution in [2.75, 3.05) is 31.7 Å². The number of nitrogens with one attached hydrogen (secondary N) is 1. The van der Waals surface area contributed by atoms with Gasteiger partial charge in [-0.2, -0.15) is 0 Å². The quantitative estimate of drug-likeness (QED) is 0.811. The molecular formula is C13H17N3O4. The van der Waals surface area contributed by atoms with Gasteiger partial charge < -0.3 is 20.1 Å². The number of morpholine rings is 1. The lowest BCUT2D eigenvalue weighted by atomic mass is 10.1. The molecule has 0 aromatic carbocycles. The molecule has 1 saturated heterocycles. The molecule has 0 spiro atoms. The summed E-state index contributed by atoms with van der Waals surface area (Å²) in [7, 11) is 1.55. The van der Waals surface area contributed by atoms with E-state index in [1.807, 2.05) is 0 Å². The van der Waals surface area contributed by atoms with Gasteiger partial charge in [0.15, 0.2) is 0 Å². The fourth-order valence-corrected chi connectivity index (χ4v) is 2.22. The molecule has 1 amide bonds. The van der Waals surface area contributed by atoms with Crippen LogP contribution in [0.4, 0.5) is 5.69 Å². The number of aryl methyl sites for hydroxylation is 1. The van der Waals surface area contributed by atoms with E-state index < -0.39 is 12.0 Å². The highest BCUT2D eigenvalue weighted by Crippen LogP contribution is 2.25. The molecule has 1 aromatic rings. The SMILES string of the molecule is CNC(=O)C1COCCN1c1cc(C)ncc1C(=O)O. The average Bonchev–Trinajstić information content (AvgIpc) is 2.46. The van der Waals surface area contributed by atoms with Crippen molar-refractivity contribution >= 4 is 17.6 Å². The molecule has 0 saturated carbocycles. The predicted octanol–water partition coefficient (Wildman–Crippen LogP) is 0.0394. The number of carboxylic acids is 1. The number of rotatable bonds is 3. The number of carbonyl (C=O) groups is 2. The van der Waals surface area contributed by atoms with Crippen molar-refractivity contribution < 1.29 is 19.4 Å². The van der Waals surface area contributed by atoms with E-state index in [9.17, 15) is 14.7 Å². The first kappa shape index (κ1) is 14.3. The van der Waals surface area contributed by atoms with Crippen LogP contribution in [-0.2, 0) is 9.53 Å². The molecule has 1 aliphatic rings. The molecule has 1 atom stereocenters. The van der Waals surface area contributed by atoms with Crippen molar-refractivity contribution in [1.82, 2.24) is 10.3 Å². The van der Waals surface area contributed by atoms with E-state index >= 15 is 0 Å². The summed E-state index contributed by atoms with van der Waals surface area (Å²) >= 11 is 0. The number of carboxylic acid groups (broad SMARTS) is 1. The van der Waals surface area contributed by atoms with Gasteiger partial charge in [0.2, 0.25) is 5.91 Å². The third-order valence-corrected chi connectivity index (χ3v) is 3.24. The standard InChI is InChI=1S/C13H17N3O4/c1-8-5-10(9(6-15-8)13(18)19)16-3-4-20-7-11(16)12(17)14-2/h5-6,11H,3-4,7H2,1-2H3,(H,14,17)(H,18,19). The Morgan fingerprint density at radius 1 is 1.55 bits per heavy atom. The fourth-order valence-electron chi connectivity index (χ4n) is 2.22. The number of likely N-dealkylation sites (N-methyl/N-ethyl adjacent to an activating group) is 1. The Bertz CT molecular complexity index is 532. The molecule has 7 heteroatoms. The number of ether oxygens (including phenoxy) is 1. The zero-order valence-corrected chi connectivity index (χ0v) is 11.4. The lowest BCUT2D eigenvalue weighted by Gasteiger charge is -2.36. The smallest absolute Gasteiger partial charge is 0.339 e. The summed E-state index contributed by atoms with van der Waals surface area (Å²) < 4.78 is 5.32. The van der Waals surface area contributed by atoms with Crippen LogP contribution < -0.4 is 10.2 Å². The molecule has 0 radical (unpaired) electrons. The van der Waals surface area contributed by atoms with Crippen LogP contribution in [0.3, 0.4) is 0 Å². The summed E-state index contributed by atoms with van der Waals surface area (Å²) in [5.41, 5.74) is 1.29. The summed E-state index contributed by atoms with van der Waals surface area (Å²) in [5, 5.41) is 11.8. The maximum Gasteiger partial charge on any atom is 0.339 e. The number of pyridine rings is 1. The average molecular weight is 279 g/mol. The minimum Gasteiger partial charge on any atom is -0.478 e. The topological polar surface area (TPSA) is 91.8 Å². The molecule has 1 aliphatic heterocycles. The molecular weight excluding hydrogens is 262 g/mol. The van der Waals surface area contributed by atoms with Gasteiger partial charge in [-0.15, -0.1) is 0 Å². The maximum atomic E-state index is 11.9. The zero-order chi connectivity index (χ0) is 14.7. The molecule has 0 aliphatic carbocycles. The summed E-state index contributed by atoms with van der Waals surface area (Å²) in [4.78, 5) is 29.0. The Morgan fingerprint density at radius 3 is 2.95 bits per heavy atom. The largest absolute Gasteiger partial charge is 0.478 e. The Kier molecular flexibility index (Phi) is 4.19. The first-order valence-corrected chi connectivity index (χ1v) is 6.30. The number of anilines is 1. The second kappa shape index (κ2) is 5.87. The van der Waals surface area contributed by atoms with Gasteiger partial charge in [-0.25, -0.2) is 4.79 Å². The highest BCUT2D eigenvalue weighted by Gasteiger charge is 2.31. The van der Waals surface area contributed by atoms with Gasteiger partial charge in [0.1, 0.15) is 11.6 Å². The number of carbonyl (C=O) groups excluding carboxylic acids is 1. The first-order valence-electron chi connectivity index (χ1n) is 6.30. The second-order valence-electron chi connectivity index (χ2n) is 4.55. The Hall–Kier alpha value is -2.15. The lowest BCUT2D eigenvalue weighted by molar-refractivity contribution is -0.124. The first-order chi connectivity index (χ1) is 9.54. The van der Waals surface area contributed by atoms with E-state index in [-0.39, 0.29) is 18.1 Å². The normalized spacial score (nSPS) is 18.7. The molecule has 1 aromatic heterocycles. The van der Waals surface area contributed by atoms with Crippen LogP contribution in [0.25, 0.3) is 0 Å². The van der Waals surface area contributed by atoms with Gasteiger partial charge in [-0.05, 0) is 13.0 Å². The summed E-state index contributed by atoms with van der Waals surface area (Å²) in [6.45, 7) is 2.93. The highest BCUT2D eigenvalue weighted by molar-refractivity contribution is 5.96. The van der Waals surface area contributed by atoms with E-state index in [4.69, 9.17) is 4.74 Å². The molecule has 1 unspecified atom stereocenters. The number of hydrogen-bond donors (Lipinski definition) is 2. The lowest BCUT2D eigenvalue weighted by Crippen LogP contribution is -2.53. The van der Waals surface area contributed by atoms with Crippen LogP contribution in [-0.4, -0.2) is 54.8 Å². The van der Waals surface area contributed by atoms with Gasteiger partial charge in [0, 0.05) is 25.5 Å². The molecule has 108 valence electrons. The number of amides is 1. The van der Waals surface area contributed by atoms with Crippen molar-refractivity contribution in [2.24, 2.45) is 0 Å². The third kappa shape index (κ3) is 2.72. The monoisotopic (exact) mass is 279 g/mol. The van der Waals surface area contributed by atoms with Gasteiger partial charge in [0.25, 0.3) is 0 Å². The molecule has 2 heterocycles. The number of aromatic carboxylic acids is 1. The molecule has 0 bridgehead atoms. The van der Waals surface area contributed by atoms with E-state index in [2.05, 4.69) is 10.3 Å². The van der Waals surface area contributed by atoms with Crippen molar-refractivity contribution in [3.8, 4) is 0 Å². The van der Waals surface area contributed by atoms with Gasteiger partial charge in [-0.3, -0.25) is 9.78 Å². The van der Waals surface area contributed by atoms with Crippen molar-refractivity contribution in [1.29, 1.82) is 0 Å². The molecule has 2 rings (SSSR count). The van der Waals surface area contributed by atoms with Gasteiger partial charge in [0.05, 0.1) is 18.9 Å². The van der Waals surface area contributed by atoms with Crippen LogP contribution in [0.2, 0.25) is 0 Å². The van der Waals surface area contributed by atoms with E-state index in [1.165, 1.54) is 6.20 Å². The Balaban J connectivity index is 2.44. The number of nitrogens with zero attached hydrogens (tertiary/aromatic N) is 2. The van der Waals surface area contributed by atoms with Crippen LogP contribution in [0.5, 0.6) is 0 Å². The van der Waals surface area contributed by atoms with E-state index in [1.54, 1.807) is 24.9 Å². The summed E-state index contributed by atoms with van der Waals surface area (Å²) in [5.74, 6) is -1.26. The zero-order valence-electron chi connectivity index (χ0n) is 11.4. The predicted molar refractivity (Wildman–Crippen MR) is 72.0 cm³/mol. The van der Waals surface area contributed by atoms with Crippen molar-refractivity contribution in [3.05, 3.63) is 23.5 Å². The Morgan fingerprint density at radius 2 is 2.30 bits per heavy atom. The van der Waals surface area contributed by atoms with E-state index in [0.717, 1.165) is 0 Å². The third-order valence-electron chi connectivity index (χ3n) is 3.24. The fraction of sp³-hybridized carbons (Fsp3) is 0.462. The van der Waals surface area contributed by atoms with E-state index in [0.29, 0.717) is 24.5 Å². The Labute approximate surface area is 116 Å². The minimum atomic E-state index is -1.06. The molecule has 7 nitrogen and oxygen atoms in total. The highest BCUT2D eigenvalue weighted by atomic mass is 16.5. The number of hydrogen-bond acceptors (Lipinski definition) is 5. The summed E-state index contributed by atoms with van der Waals surface area (Å²) in [6.07, 6.45) is 1.32. The molecule has 2 N–H and O–H groups in total.